The highest BCUT2D eigenvalue weighted by Crippen LogP contribution is 2.20. The molecule has 11 heteroatoms. The molecule has 4 aromatic rings. The van der Waals surface area contributed by atoms with Crippen molar-refractivity contribution in [2.75, 3.05) is 12.0 Å². The fourth-order valence-corrected chi connectivity index (χ4v) is 5.02. The van der Waals surface area contributed by atoms with Gasteiger partial charge in [-0.3, -0.25) is 15.0 Å². The summed E-state index contributed by atoms with van der Waals surface area (Å²) in [4.78, 5) is 35.2. The first-order valence-corrected chi connectivity index (χ1v) is 14.3. The van der Waals surface area contributed by atoms with Crippen LogP contribution in [0.4, 0.5) is 5.95 Å². The van der Waals surface area contributed by atoms with Crippen molar-refractivity contribution in [3.05, 3.63) is 109 Å². The summed E-state index contributed by atoms with van der Waals surface area (Å²) in [5.41, 5.74) is 4.10. The smallest absolute Gasteiger partial charge is 0.326 e. The Labute approximate surface area is 239 Å². The lowest BCUT2D eigenvalue weighted by Gasteiger charge is -2.29. The van der Waals surface area contributed by atoms with Gasteiger partial charge in [-0.25, -0.2) is 23.4 Å². The van der Waals surface area contributed by atoms with Crippen LogP contribution in [0.25, 0.3) is 11.1 Å². The second-order valence-corrected chi connectivity index (χ2v) is 11.8. The molecule has 0 spiro atoms. The number of esters is 1. The molecule has 2 N–H and O–H groups in total. The predicted molar refractivity (Wildman–Crippen MR) is 155 cm³/mol. The number of nitrogens with zero attached hydrogens (tertiary/aromatic N) is 3. The Morgan fingerprint density at radius 2 is 1.39 bits per heavy atom. The van der Waals surface area contributed by atoms with E-state index in [1.54, 1.807) is 57.2 Å². The number of carbonyl (C=O) groups excluding carboxylic acids is 2. The first-order valence-electron chi connectivity index (χ1n) is 12.8. The molecule has 0 bridgehead atoms. The normalized spacial score (nSPS) is 12.3. The molecule has 0 saturated carbocycles. The maximum absolute atomic E-state index is 13.8. The molecule has 41 heavy (non-hydrogen) atoms. The lowest BCUT2D eigenvalue weighted by atomic mass is 10.0. The van der Waals surface area contributed by atoms with E-state index >= 15 is 0 Å². The average Bonchev–Trinajstić information content (AvgIpc) is 2.96. The van der Waals surface area contributed by atoms with Crippen molar-refractivity contribution in [2.24, 2.45) is 0 Å². The molecule has 0 aliphatic rings. The van der Waals surface area contributed by atoms with Crippen molar-refractivity contribution in [3.63, 3.8) is 0 Å². The summed E-state index contributed by atoms with van der Waals surface area (Å²) in [5, 5.41) is 1.09. The van der Waals surface area contributed by atoms with Crippen molar-refractivity contribution >= 4 is 27.8 Å². The fraction of sp³-hybridized carbons (Fsp3) is 0.200. The molecular formula is C30H31N5O5S. The highest BCUT2D eigenvalue weighted by molar-refractivity contribution is 7.89. The van der Waals surface area contributed by atoms with Crippen LogP contribution in [0.5, 0.6) is 0 Å². The molecule has 1 atom stereocenters. The molecule has 0 saturated heterocycles. The molecular weight excluding hydrogens is 542 g/mol. The summed E-state index contributed by atoms with van der Waals surface area (Å²) in [6.07, 6.45) is 2.96. The number of benzene rings is 3. The number of ether oxygens (including phenoxy) is 1. The number of hydrazine groups is 1. The number of sulfonamides is 1. The summed E-state index contributed by atoms with van der Waals surface area (Å²) in [5.74, 6) is -1.31. The summed E-state index contributed by atoms with van der Waals surface area (Å²) in [6.45, 7) is 4.57. The van der Waals surface area contributed by atoms with Gasteiger partial charge in [0.1, 0.15) is 11.6 Å². The standard InChI is InChI=1S/C30H31N5O5S/c1-30(2,3)40-28(37)26(34-41(38,39)25-13-8-5-9-14-25)21-35(33-29-31-19-10-20-32-29)27(36)24-17-15-23(16-18-24)22-11-6-4-7-12-22/h4-20,26,34H,21H2,1-3H3,(H,31,32,33). The molecule has 0 radical (unpaired) electrons. The Morgan fingerprint density at radius 3 is 1.98 bits per heavy atom. The first kappa shape index (κ1) is 29.4. The monoisotopic (exact) mass is 573 g/mol. The second-order valence-electron chi connectivity index (χ2n) is 10.1. The van der Waals surface area contributed by atoms with Crippen molar-refractivity contribution in [3.8, 4) is 11.1 Å². The second kappa shape index (κ2) is 12.7. The van der Waals surface area contributed by atoms with E-state index in [1.807, 2.05) is 42.5 Å². The van der Waals surface area contributed by atoms with Gasteiger partial charge in [0.15, 0.2) is 0 Å². The third-order valence-electron chi connectivity index (χ3n) is 5.69. The van der Waals surface area contributed by atoms with Gasteiger partial charge in [0.05, 0.1) is 11.4 Å². The zero-order valence-corrected chi connectivity index (χ0v) is 23.7. The minimum Gasteiger partial charge on any atom is -0.459 e. The van der Waals surface area contributed by atoms with Crippen molar-refractivity contribution in [1.29, 1.82) is 0 Å². The van der Waals surface area contributed by atoms with Gasteiger partial charge in [-0.2, -0.15) is 4.72 Å². The van der Waals surface area contributed by atoms with E-state index in [-0.39, 0.29) is 10.8 Å². The van der Waals surface area contributed by atoms with Crippen LogP contribution in [0.15, 0.2) is 108 Å². The molecule has 4 rings (SSSR count). The maximum Gasteiger partial charge on any atom is 0.326 e. The van der Waals surface area contributed by atoms with Crippen LogP contribution in [0.3, 0.4) is 0 Å². The number of nitrogens with one attached hydrogen (secondary N) is 2. The van der Waals surface area contributed by atoms with Crippen LogP contribution >= 0.6 is 0 Å². The van der Waals surface area contributed by atoms with Crippen molar-refractivity contribution in [2.45, 2.75) is 37.3 Å². The van der Waals surface area contributed by atoms with Gasteiger partial charge >= 0.3 is 5.97 Å². The van der Waals surface area contributed by atoms with Crippen LogP contribution in [-0.4, -0.2) is 53.5 Å². The Balaban J connectivity index is 1.66. The van der Waals surface area contributed by atoms with E-state index in [0.717, 1.165) is 16.1 Å². The Morgan fingerprint density at radius 1 is 0.829 bits per heavy atom. The van der Waals surface area contributed by atoms with Crippen LogP contribution < -0.4 is 10.1 Å². The van der Waals surface area contributed by atoms with Crippen LogP contribution in [0.1, 0.15) is 31.1 Å². The van der Waals surface area contributed by atoms with Crippen LogP contribution in [0.2, 0.25) is 0 Å². The van der Waals surface area contributed by atoms with E-state index in [9.17, 15) is 18.0 Å². The van der Waals surface area contributed by atoms with Gasteiger partial charge in [-0.1, -0.05) is 60.7 Å². The summed E-state index contributed by atoms with van der Waals surface area (Å²) < 4.78 is 34.3. The molecule has 1 amide bonds. The zero-order chi connectivity index (χ0) is 29.5. The van der Waals surface area contributed by atoms with Gasteiger partial charge in [-0.05, 0) is 62.2 Å². The van der Waals surface area contributed by atoms with Gasteiger partial charge < -0.3 is 4.74 Å². The van der Waals surface area contributed by atoms with E-state index in [0.29, 0.717) is 5.56 Å². The van der Waals surface area contributed by atoms with E-state index in [1.165, 1.54) is 24.5 Å². The summed E-state index contributed by atoms with van der Waals surface area (Å²) >= 11 is 0. The number of amides is 1. The molecule has 3 aromatic carbocycles. The van der Waals surface area contributed by atoms with Crippen molar-refractivity contribution in [1.82, 2.24) is 19.7 Å². The Bertz CT molecular complexity index is 1560. The molecule has 0 fully saturated rings. The number of rotatable bonds is 10. The molecule has 10 nitrogen and oxygen atoms in total. The first-order chi connectivity index (χ1) is 19.5. The lowest BCUT2D eigenvalue weighted by Crippen LogP contribution is -2.53. The molecule has 1 aromatic heterocycles. The van der Waals surface area contributed by atoms with E-state index < -0.39 is 40.1 Å². The third kappa shape index (κ3) is 8.19. The highest BCUT2D eigenvalue weighted by Gasteiger charge is 2.33. The maximum atomic E-state index is 13.8. The van der Waals surface area contributed by atoms with Crippen LogP contribution in [0, 0.1) is 0 Å². The van der Waals surface area contributed by atoms with Gasteiger partial charge in [0.2, 0.25) is 16.0 Å². The topological polar surface area (TPSA) is 131 Å². The highest BCUT2D eigenvalue weighted by atomic mass is 32.2. The Hall–Kier alpha value is -4.61. The number of hydrogen-bond acceptors (Lipinski definition) is 8. The summed E-state index contributed by atoms with van der Waals surface area (Å²) in [6, 6.07) is 24.4. The molecule has 212 valence electrons. The lowest BCUT2D eigenvalue weighted by molar-refractivity contribution is -0.157. The number of anilines is 1. The third-order valence-corrected chi connectivity index (χ3v) is 7.18. The van der Waals surface area contributed by atoms with Gasteiger partial charge in [0.25, 0.3) is 5.91 Å². The Kier molecular flexibility index (Phi) is 9.10. The van der Waals surface area contributed by atoms with E-state index in [2.05, 4.69) is 20.1 Å². The number of aromatic nitrogens is 2. The number of hydrogen-bond donors (Lipinski definition) is 2. The van der Waals surface area contributed by atoms with E-state index in [4.69, 9.17) is 4.74 Å². The minimum absolute atomic E-state index is 0.0395. The molecule has 1 heterocycles. The SMILES string of the molecule is CC(C)(C)OC(=O)C(CN(Nc1ncccn1)C(=O)c1ccc(-c2ccccc2)cc1)NS(=O)(=O)c1ccccc1. The minimum atomic E-state index is -4.15. The fourth-order valence-electron chi connectivity index (χ4n) is 3.82. The van der Waals surface area contributed by atoms with Gasteiger partial charge in [-0.15, -0.1) is 0 Å². The molecule has 0 aliphatic carbocycles. The largest absolute Gasteiger partial charge is 0.459 e. The summed E-state index contributed by atoms with van der Waals surface area (Å²) in [7, 11) is -4.15. The predicted octanol–water partition coefficient (Wildman–Crippen LogP) is 4.30. The molecule has 0 aliphatic heterocycles. The molecule has 1 unspecified atom stereocenters. The van der Waals surface area contributed by atoms with Crippen LogP contribution in [-0.2, 0) is 19.6 Å². The quantitative estimate of drug-likeness (QED) is 0.212. The average molecular weight is 574 g/mol. The zero-order valence-electron chi connectivity index (χ0n) is 22.9. The van der Waals surface area contributed by atoms with Gasteiger partial charge in [0, 0.05) is 18.0 Å². The number of carbonyl (C=O) groups is 2. The van der Waals surface area contributed by atoms with Crippen molar-refractivity contribution < 1.29 is 22.7 Å².